The lowest BCUT2D eigenvalue weighted by Gasteiger charge is -2.38. The van der Waals surface area contributed by atoms with Crippen LogP contribution in [0, 0.1) is 24.1 Å². The Balaban J connectivity index is 1.47. The number of nitrogens with zero attached hydrogens (tertiary/aromatic N) is 7. The lowest BCUT2D eigenvalue weighted by atomic mass is 10.1. The largest absolute Gasteiger partial charge is 0.353 e. The van der Waals surface area contributed by atoms with E-state index < -0.39 is 0 Å². The normalized spacial score (nSPS) is 16.4. The molecule has 1 aliphatic heterocycles. The minimum absolute atomic E-state index is 0.134. The van der Waals surface area contributed by atoms with Crippen molar-refractivity contribution in [2.75, 3.05) is 31.1 Å². The predicted octanol–water partition coefficient (Wildman–Crippen LogP) is 2.68. The Labute approximate surface area is 160 Å². The highest BCUT2D eigenvalue weighted by atomic mass is 32.1. The van der Waals surface area contributed by atoms with Gasteiger partial charge in [-0.25, -0.2) is 24.3 Å². The number of pyridine rings is 1. The number of halogens is 1. The molecule has 0 spiro atoms. The SMILES string of the molecule is Cc1nc2nc(C(C)N3CCN(c4cnc(C#N)cn4)CC3)c(F)cc2s1. The third-order valence-electron chi connectivity index (χ3n) is 4.80. The topological polar surface area (TPSA) is 81.8 Å². The Morgan fingerprint density at radius 1 is 1.19 bits per heavy atom. The highest BCUT2D eigenvalue weighted by molar-refractivity contribution is 7.18. The van der Waals surface area contributed by atoms with Crippen molar-refractivity contribution in [1.29, 1.82) is 5.26 Å². The molecule has 3 aromatic heterocycles. The van der Waals surface area contributed by atoms with E-state index >= 15 is 0 Å². The summed E-state index contributed by atoms with van der Waals surface area (Å²) in [6.45, 7) is 6.91. The van der Waals surface area contributed by atoms with E-state index in [9.17, 15) is 4.39 Å². The van der Waals surface area contributed by atoms with Crippen LogP contribution in [0.5, 0.6) is 0 Å². The number of thiazole rings is 1. The lowest BCUT2D eigenvalue weighted by Crippen LogP contribution is -2.47. The van der Waals surface area contributed by atoms with Gasteiger partial charge in [-0.1, -0.05) is 0 Å². The Morgan fingerprint density at radius 3 is 2.63 bits per heavy atom. The van der Waals surface area contributed by atoms with Gasteiger partial charge in [0.1, 0.15) is 17.7 Å². The van der Waals surface area contributed by atoms with Crippen LogP contribution in [-0.2, 0) is 0 Å². The molecule has 3 aromatic rings. The smallest absolute Gasteiger partial charge is 0.171 e. The summed E-state index contributed by atoms with van der Waals surface area (Å²) in [6.07, 6.45) is 3.10. The van der Waals surface area contributed by atoms with Crippen LogP contribution in [0.3, 0.4) is 0 Å². The van der Waals surface area contributed by atoms with E-state index in [-0.39, 0.29) is 11.9 Å². The number of aryl methyl sites for hydroxylation is 1. The van der Waals surface area contributed by atoms with E-state index in [1.165, 1.54) is 17.5 Å². The van der Waals surface area contributed by atoms with Crippen molar-refractivity contribution in [2.24, 2.45) is 0 Å². The number of hydrogen-bond donors (Lipinski definition) is 0. The zero-order chi connectivity index (χ0) is 19.0. The van der Waals surface area contributed by atoms with Crippen molar-refractivity contribution in [3.63, 3.8) is 0 Å². The van der Waals surface area contributed by atoms with Crippen molar-refractivity contribution in [3.05, 3.63) is 40.7 Å². The minimum atomic E-state index is -0.279. The van der Waals surface area contributed by atoms with E-state index in [2.05, 4.69) is 29.7 Å². The number of piperazine rings is 1. The number of rotatable bonds is 3. The second kappa shape index (κ2) is 7.13. The summed E-state index contributed by atoms with van der Waals surface area (Å²) in [4.78, 5) is 21.6. The molecular formula is C18H18FN7S. The second-order valence-electron chi connectivity index (χ2n) is 6.48. The third-order valence-corrected chi connectivity index (χ3v) is 5.71. The predicted molar refractivity (Wildman–Crippen MR) is 101 cm³/mol. The summed E-state index contributed by atoms with van der Waals surface area (Å²) >= 11 is 1.46. The molecule has 0 aromatic carbocycles. The van der Waals surface area contributed by atoms with Crippen LogP contribution in [0.25, 0.3) is 10.3 Å². The zero-order valence-electron chi connectivity index (χ0n) is 15.1. The van der Waals surface area contributed by atoms with Gasteiger partial charge in [-0.05, 0) is 19.9 Å². The summed E-state index contributed by atoms with van der Waals surface area (Å²) in [5.41, 5.74) is 1.37. The second-order valence-corrected chi connectivity index (χ2v) is 7.72. The highest BCUT2D eigenvalue weighted by Crippen LogP contribution is 2.28. The summed E-state index contributed by atoms with van der Waals surface area (Å²) in [7, 11) is 0. The van der Waals surface area contributed by atoms with Crippen LogP contribution in [0.15, 0.2) is 18.5 Å². The Morgan fingerprint density at radius 2 is 1.96 bits per heavy atom. The minimum Gasteiger partial charge on any atom is -0.353 e. The molecular weight excluding hydrogens is 365 g/mol. The number of anilines is 1. The van der Waals surface area contributed by atoms with Crippen molar-refractivity contribution in [2.45, 2.75) is 19.9 Å². The average molecular weight is 383 g/mol. The number of hydrogen-bond acceptors (Lipinski definition) is 8. The van der Waals surface area contributed by atoms with Gasteiger partial charge < -0.3 is 4.90 Å². The van der Waals surface area contributed by atoms with Gasteiger partial charge in [0.15, 0.2) is 11.3 Å². The van der Waals surface area contributed by atoms with Crippen LogP contribution in [0.4, 0.5) is 10.2 Å². The summed E-state index contributed by atoms with van der Waals surface area (Å²) in [6, 6.07) is 3.38. The molecule has 0 radical (unpaired) electrons. The molecule has 1 fully saturated rings. The fraction of sp³-hybridized carbons (Fsp3) is 0.389. The van der Waals surface area contributed by atoms with Gasteiger partial charge in [0, 0.05) is 26.2 Å². The van der Waals surface area contributed by atoms with Gasteiger partial charge in [0.25, 0.3) is 0 Å². The fourth-order valence-electron chi connectivity index (χ4n) is 3.31. The quantitative estimate of drug-likeness (QED) is 0.688. The molecule has 0 amide bonds. The van der Waals surface area contributed by atoms with Crippen molar-refractivity contribution in [1.82, 2.24) is 24.8 Å². The van der Waals surface area contributed by atoms with Gasteiger partial charge in [0.2, 0.25) is 0 Å². The number of aromatic nitrogens is 4. The van der Waals surface area contributed by atoms with Crippen LogP contribution in [0.2, 0.25) is 0 Å². The number of fused-ring (bicyclic) bond motifs is 1. The van der Waals surface area contributed by atoms with Crippen LogP contribution < -0.4 is 4.90 Å². The molecule has 1 unspecified atom stereocenters. The Hall–Kier alpha value is -2.70. The first-order valence-electron chi connectivity index (χ1n) is 8.70. The molecule has 27 heavy (non-hydrogen) atoms. The van der Waals surface area contributed by atoms with E-state index in [1.807, 2.05) is 19.9 Å². The number of nitriles is 1. The molecule has 0 saturated carbocycles. The van der Waals surface area contributed by atoms with Gasteiger partial charge >= 0.3 is 0 Å². The van der Waals surface area contributed by atoms with Crippen molar-refractivity contribution in [3.8, 4) is 6.07 Å². The summed E-state index contributed by atoms with van der Waals surface area (Å²) < 4.78 is 15.4. The lowest BCUT2D eigenvalue weighted by molar-refractivity contribution is 0.191. The maximum absolute atomic E-state index is 14.6. The maximum Gasteiger partial charge on any atom is 0.171 e. The Kier molecular flexibility index (Phi) is 4.68. The summed E-state index contributed by atoms with van der Waals surface area (Å²) in [5, 5.41) is 9.71. The molecule has 9 heteroatoms. The monoisotopic (exact) mass is 383 g/mol. The van der Waals surface area contributed by atoms with Gasteiger partial charge in [0.05, 0.1) is 33.8 Å². The van der Waals surface area contributed by atoms with Crippen LogP contribution in [-0.4, -0.2) is 51.0 Å². The van der Waals surface area contributed by atoms with Gasteiger partial charge in [-0.2, -0.15) is 5.26 Å². The third kappa shape index (κ3) is 3.46. The van der Waals surface area contributed by atoms with Crippen LogP contribution in [0.1, 0.15) is 29.4 Å². The molecule has 138 valence electrons. The Bertz CT molecular complexity index is 1000. The van der Waals surface area contributed by atoms with Crippen LogP contribution >= 0.6 is 11.3 Å². The first kappa shape index (κ1) is 17.7. The molecule has 0 bridgehead atoms. The fourth-order valence-corrected chi connectivity index (χ4v) is 4.10. The molecule has 1 saturated heterocycles. The maximum atomic E-state index is 14.6. The van der Waals surface area contributed by atoms with Gasteiger partial charge in [-0.15, -0.1) is 11.3 Å². The first-order chi connectivity index (χ1) is 13.0. The molecule has 1 atom stereocenters. The standard InChI is InChI=1S/C18H18FN7S/c1-11(17-14(19)7-15-18(24-17)23-12(2)27-15)25-3-5-26(6-4-25)16-10-21-13(8-20)9-22-16/h7,9-11H,3-6H2,1-2H3. The molecule has 4 heterocycles. The first-order valence-corrected chi connectivity index (χ1v) is 9.51. The molecule has 0 N–H and O–H groups in total. The van der Waals surface area contributed by atoms with Crippen molar-refractivity contribution >= 4 is 27.5 Å². The van der Waals surface area contributed by atoms with E-state index in [0.717, 1.165) is 41.7 Å². The average Bonchev–Trinajstić information content (AvgIpc) is 3.06. The highest BCUT2D eigenvalue weighted by Gasteiger charge is 2.26. The van der Waals surface area contributed by atoms with E-state index in [0.29, 0.717) is 17.0 Å². The van der Waals surface area contributed by atoms with E-state index in [4.69, 9.17) is 5.26 Å². The molecule has 7 nitrogen and oxygen atoms in total. The van der Waals surface area contributed by atoms with E-state index in [1.54, 1.807) is 12.3 Å². The zero-order valence-corrected chi connectivity index (χ0v) is 15.9. The summed E-state index contributed by atoms with van der Waals surface area (Å²) in [5.74, 6) is 0.476. The molecule has 0 aliphatic carbocycles. The van der Waals surface area contributed by atoms with Gasteiger partial charge in [-0.3, -0.25) is 4.90 Å². The molecule has 1 aliphatic rings. The molecule has 4 rings (SSSR count). The van der Waals surface area contributed by atoms with Crippen molar-refractivity contribution < 1.29 is 4.39 Å².